The smallest absolute Gasteiger partial charge is 0.156 e. The Morgan fingerprint density at radius 3 is 2.65 bits per heavy atom. The largest absolute Gasteiger partial charge is 0.493 e. The van der Waals surface area contributed by atoms with Crippen molar-refractivity contribution < 1.29 is 9.47 Å². The summed E-state index contributed by atoms with van der Waals surface area (Å²) in [5.74, 6) is 1.35. The minimum Gasteiger partial charge on any atom is -0.493 e. The summed E-state index contributed by atoms with van der Waals surface area (Å²) in [4.78, 5) is 8.64. The number of aromatic nitrogens is 2. The lowest BCUT2D eigenvalue weighted by atomic mass is 10.1. The first kappa shape index (κ1) is 14.8. The zero-order valence-corrected chi connectivity index (χ0v) is 12.4. The van der Waals surface area contributed by atoms with Gasteiger partial charge in [-0.3, -0.25) is 0 Å². The molecule has 0 unspecified atom stereocenters. The van der Waals surface area contributed by atoms with Gasteiger partial charge >= 0.3 is 0 Å². The van der Waals surface area contributed by atoms with Crippen molar-refractivity contribution in [2.24, 2.45) is 0 Å². The van der Waals surface area contributed by atoms with Crippen molar-refractivity contribution in [2.45, 2.75) is 20.5 Å². The number of ether oxygens (including phenoxy) is 2. The number of halogens is 1. The standard InChI is InChI=1S/C15H17ClN2O2/c1-3-19-10-15-17-12(9-14(16)18-15)11-7-5-6-8-13(11)20-4-2/h5-9H,3-4,10H2,1-2H3. The van der Waals surface area contributed by atoms with Gasteiger partial charge in [0, 0.05) is 18.2 Å². The molecule has 0 fully saturated rings. The molecule has 0 aliphatic heterocycles. The Bertz CT molecular complexity index is 576. The van der Waals surface area contributed by atoms with Gasteiger partial charge in [-0.15, -0.1) is 0 Å². The van der Waals surface area contributed by atoms with Crippen LogP contribution in [0.2, 0.25) is 5.15 Å². The Hall–Kier alpha value is -1.65. The highest BCUT2D eigenvalue weighted by Crippen LogP contribution is 2.29. The Morgan fingerprint density at radius 2 is 1.90 bits per heavy atom. The highest BCUT2D eigenvalue weighted by Gasteiger charge is 2.10. The minimum atomic E-state index is 0.348. The van der Waals surface area contributed by atoms with Crippen molar-refractivity contribution in [2.75, 3.05) is 13.2 Å². The molecule has 0 atom stereocenters. The number of rotatable bonds is 6. The van der Waals surface area contributed by atoms with E-state index in [1.807, 2.05) is 38.1 Å². The average molecular weight is 293 g/mol. The number of nitrogens with zero attached hydrogens (tertiary/aromatic N) is 2. The van der Waals surface area contributed by atoms with E-state index in [0.29, 0.717) is 30.8 Å². The van der Waals surface area contributed by atoms with Crippen molar-refractivity contribution in [1.82, 2.24) is 9.97 Å². The van der Waals surface area contributed by atoms with Crippen LogP contribution in [0.25, 0.3) is 11.3 Å². The van der Waals surface area contributed by atoms with E-state index >= 15 is 0 Å². The summed E-state index contributed by atoms with van der Waals surface area (Å²) in [5.41, 5.74) is 1.64. The zero-order chi connectivity index (χ0) is 14.4. The van der Waals surface area contributed by atoms with Gasteiger partial charge in [0.15, 0.2) is 5.82 Å². The highest BCUT2D eigenvalue weighted by atomic mass is 35.5. The summed E-state index contributed by atoms with van der Waals surface area (Å²) in [6, 6.07) is 9.47. The first-order valence-electron chi connectivity index (χ1n) is 6.58. The molecule has 1 aromatic carbocycles. The molecule has 0 aliphatic carbocycles. The van der Waals surface area contributed by atoms with Crippen LogP contribution >= 0.6 is 11.6 Å². The molecule has 0 radical (unpaired) electrons. The maximum atomic E-state index is 6.06. The predicted octanol–water partition coefficient (Wildman–Crippen LogP) is 3.73. The molecule has 1 aromatic heterocycles. The second kappa shape index (κ2) is 7.22. The molecule has 0 amide bonds. The monoisotopic (exact) mass is 292 g/mol. The van der Waals surface area contributed by atoms with Gasteiger partial charge in [-0.05, 0) is 26.0 Å². The fraction of sp³-hybridized carbons (Fsp3) is 0.333. The minimum absolute atomic E-state index is 0.348. The van der Waals surface area contributed by atoms with Crippen molar-refractivity contribution in [3.63, 3.8) is 0 Å². The lowest BCUT2D eigenvalue weighted by Crippen LogP contribution is -2.02. The van der Waals surface area contributed by atoms with E-state index < -0.39 is 0 Å². The van der Waals surface area contributed by atoms with Crippen molar-refractivity contribution >= 4 is 11.6 Å². The molecule has 5 heteroatoms. The Balaban J connectivity index is 2.39. The maximum absolute atomic E-state index is 6.06. The maximum Gasteiger partial charge on any atom is 0.156 e. The van der Waals surface area contributed by atoms with E-state index in [-0.39, 0.29) is 0 Å². The lowest BCUT2D eigenvalue weighted by molar-refractivity contribution is 0.128. The van der Waals surface area contributed by atoms with Gasteiger partial charge in [0.05, 0.1) is 12.3 Å². The van der Waals surface area contributed by atoms with Gasteiger partial charge in [-0.2, -0.15) is 0 Å². The second-order valence-electron chi connectivity index (χ2n) is 4.06. The molecule has 0 saturated carbocycles. The molecule has 20 heavy (non-hydrogen) atoms. The first-order valence-corrected chi connectivity index (χ1v) is 6.95. The molecule has 0 spiro atoms. The Morgan fingerprint density at radius 1 is 1.10 bits per heavy atom. The van der Waals surface area contributed by atoms with Crippen LogP contribution in [0.1, 0.15) is 19.7 Å². The SMILES string of the molecule is CCOCc1nc(Cl)cc(-c2ccccc2OCC)n1. The molecule has 0 saturated heterocycles. The molecule has 0 N–H and O–H groups in total. The van der Waals surface area contributed by atoms with Crippen LogP contribution in [-0.4, -0.2) is 23.2 Å². The van der Waals surface area contributed by atoms with Gasteiger partial charge in [0.25, 0.3) is 0 Å². The van der Waals surface area contributed by atoms with Crippen molar-refractivity contribution in [3.8, 4) is 17.0 Å². The molecule has 4 nitrogen and oxygen atoms in total. The summed E-state index contributed by atoms with van der Waals surface area (Å²) < 4.78 is 10.9. The normalized spacial score (nSPS) is 10.6. The number of hydrogen-bond donors (Lipinski definition) is 0. The van der Waals surface area contributed by atoms with E-state index in [1.54, 1.807) is 6.07 Å². The highest BCUT2D eigenvalue weighted by molar-refractivity contribution is 6.29. The topological polar surface area (TPSA) is 44.2 Å². The van der Waals surface area contributed by atoms with Crippen LogP contribution in [0.5, 0.6) is 5.75 Å². The van der Waals surface area contributed by atoms with Crippen LogP contribution in [0.15, 0.2) is 30.3 Å². The molecular weight excluding hydrogens is 276 g/mol. The molecule has 106 valence electrons. The Labute approximate surface area is 123 Å². The van der Waals surface area contributed by atoms with Gasteiger partial charge < -0.3 is 9.47 Å². The molecule has 0 aliphatic rings. The fourth-order valence-electron chi connectivity index (χ4n) is 1.82. The summed E-state index contributed by atoms with van der Waals surface area (Å²) in [7, 11) is 0. The van der Waals surface area contributed by atoms with E-state index in [1.165, 1.54) is 0 Å². The number of hydrogen-bond acceptors (Lipinski definition) is 4. The predicted molar refractivity (Wildman–Crippen MR) is 79.0 cm³/mol. The number of para-hydroxylation sites is 1. The first-order chi connectivity index (χ1) is 9.74. The average Bonchev–Trinajstić information content (AvgIpc) is 2.45. The molecule has 0 bridgehead atoms. The quantitative estimate of drug-likeness (QED) is 0.761. The summed E-state index contributed by atoms with van der Waals surface area (Å²) in [6.45, 7) is 5.43. The Kier molecular flexibility index (Phi) is 5.32. The van der Waals surface area contributed by atoms with Crippen LogP contribution in [-0.2, 0) is 11.3 Å². The van der Waals surface area contributed by atoms with Crippen molar-refractivity contribution in [3.05, 3.63) is 41.3 Å². The fourth-order valence-corrected chi connectivity index (χ4v) is 2.02. The van der Waals surface area contributed by atoms with Crippen LogP contribution in [0.4, 0.5) is 0 Å². The summed E-state index contributed by atoms with van der Waals surface area (Å²) in [5, 5.41) is 0.399. The van der Waals surface area contributed by atoms with E-state index in [9.17, 15) is 0 Å². The third kappa shape index (κ3) is 3.68. The molecule has 2 rings (SSSR count). The van der Waals surface area contributed by atoms with Crippen LogP contribution in [0, 0.1) is 0 Å². The van der Waals surface area contributed by atoms with E-state index in [4.69, 9.17) is 21.1 Å². The van der Waals surface area contributed by atoms with Gasteiger partial charge in [-0.25, -0.2) is 9.97 Å². The zero-order valence-electron chi connectivity index (χ0n) is 11.6. The van der Waals surface area contributed by atoms with Gasteiger partial charge in [-0.1, -0.05) is 23.7 Å². The van der Waals surface area contributed by atoms with Crippen LogP contribution < -0.4 is 4.74 Å². The third-order valence-electron chi connectivity index (χ3n) is 2.64. The summed E-state index contributed by atoms with van der Waals surface area (Å²) >= 11 is 6.06. The van der Waals surface area contributed by atoms with Crippen LogP contribution in [0.3, 0.4) is 0 Å². The lowest BCUT2D eigenvalue weighted by Gasteiger charge is -2.10. The second-order valence-corrected chi connectivity index (χ2v) is 4.45. The van der Waals surface area contributed by atoms with Crippen molar-refractivity contribution in [1.29, 1.82) is 0 Å². The molecule has 1 heterocycles. The molecular formula is C15H17ClN2O2. The molecule has 2 aromatic rings. The van der Waals surface area contributed by atoms with Gasteiger partial charge in [0.2, 0.25) is 0 Å². The van der Waals surface area contributed by atoms with Gasteiger partial charge in [0.1, 0.15) is 17.5 Å². The summed E-state index contributed by atoms with van der Waals surface area (Å²) in [6.07, 6.45) is 0. The van der Waals surface area contributed by atoms with E-state index in [2.05, 4.69) is 9.97 Å². The number of benzene rings is 1. The van der Waals surface area contributed by atoms with E-state index in [0.717, 1.165) is 17.0 Å². The third-order valence-corrected chi connectivity index (χ3v) is 2.83.